The van der Waals surface area contributed by atoms with E-state index in [0.717, 1.165) is 19.1 Å². The van der Waals surface area contributed by atoms with E-state index in [1.807, 2.05) is 6.92 Å². The molecule has 1 saturated carbocycles. The van der Waals surface area contributed by atoms with E-state index in [-0.39, 0.29) is 6.10 Å². The first-order valence-corrected chi connectivity index (χ1v) is 4.16. The van der Waals surface area contributed by atoms with Crippen LogP contribution in [0.15, 0.2) is 0 Å². The minimum Gasteiger partial charge on any atom is -0.392 e. The summed E-state index contributed by atoms with van der Waals surface area (Å²) < 4.78 is 0. The van der Waals surface area contributed by atoms with Crippen molar-refractivity contribution in [2.45, 2.75) is 38.8 Å². The van der Waals surface area contributed by atoms with Gasteiger partial charge in [-0.1, -0.05) is 6.92 Å². The molecular formula is C8H17NO. The largest absolute Gasteiger partial charge is 0.392 e. The minimum absolute atomic E-state index is 0.166. The number of rotatable bonds is 4. The van der Waals surface area contributed by atoms with Gasteiger partial charge in [0, 0.05) is 12.6 Å². The molecule has 0 heterocycles. The van der Waals surface area contributed by atoms with Crippen molar-refractivity contribution in [3.63, 3.8) is 0 Å². The monoisotopic (exact) mass is 143 g/mol. The van der Waals surface area contributed by atoms with Crippen LogP contribution in [-0.2, 0) is 0 Å². The lowest BCUT2D eigenvalue weighted by atomic mass is 10.3. The van der Waals surface area contributed by atoms with E-state index in [1.165, 1.54) is 12.8 Å². The van der Waals surface area contributed by atoms with E-state index in [4.69, 9.17) is 5.11 Å². The Kier molecular flexibility index (Phi) is 2.69. The quantitative estimate of drug-likeness (QED) is 0.630. The van der Waals surface area contributed by atoms with Crippen molar-refractivity contribution in [2.75, 3.05) is 13.1 Å². The molecule has 2 nitrogen and oxygen atoms in total. The van der Waals surface area contributed by atoms with Gasteiger partial charge in [-0.25, -0.2) is 0 Å². The number of hydrogen-bond donors (Lipinski definition) is 1. The predicted molar refractivity (Wildman–Crippen MR) is 41.9 cm³/mol. The predicted octanol–water partition coefficient (Wildman–Crippen LogP) is 0.851. The molecular weight excluding hydrogens is 126 g/mol. The lowest BCUT2D eigenvalue weighted by Crippen LogP contribution is -2.32. The fourth-order valence-corrected chi connectivity index (χ4v) is 1.32. The summed E-state index contributed by atoms with van der Waals surface area (Å²) in [5.41, 5.74) is 0. The second kappa shape index (κ2) is 3.35. The average Bonchev–Trinajstić information content (AvgIpc) is 2.63. The highest BCUT2D eigenvalue weighted by Crippen LogP contribution is 2.26. The van der Waals surface area contributed by atoms with E-state index in [0.29, 0.717) is 0 Å². The number of nitrogens with zero attached hydrogens (tertiary/aromatic N) is 1. The van der Waals surface area contributed by atoms with Crippen LogP contribution in [0.1, 0.15) is 26.7 Å². The Bertz CT molecular complexity index is 99.4. The van der Waals surface area contributed by atoms with Crippen LogP contribution < -0.4 is 0 Å². The summed E-state index contributed by atoms with van der Waals surface area (Å²) >= 11 is 0. The lowest BCUT2D eigenvalue weighted by Gasteiger charge is -2.20. The molecule has 1 fully saturated rings. The van der Waals surface area contributed by atoms with Crippen molar-refractivity contribution < 1.29 is 5.11 Å². The summed E-state index contributed by atoms with van der Waals surface area (Å²) in [6.45, 7) is 5.93. The van der Waals surface area contributed by atoms with Gasteiger partial charge in [0.15, 0.2) is 0 Å². The van der Waals surface area contributed by atoms with Gasteiger partial charge in [-0.05, 0) is 26.3 Å². The fraction of sp³-hybridized carbons (Fsp3) is 1.00. The standard InChI is InChI=1S/C8H17NO/c1-3-9(6-7(2)10)8-4-5-8/h7-8,10H,3-6H2,1-2H3. The molecule has 1 aliphatic carbocycles. The molecule has 0 amide bonds. The van der Waals surface area contributed by atoms with Crippen LogP contribution in [0, 0.1) is 0 Å². The summed E-state index contributed by atoms with van der Waals surface area (Å²) in [4.78, 5) is 2.35. The van der Waals surface area contributed by atoms with E-state index in [2.05, 4.69) is 11.8 Å². The zero-order valence-corrected chi connectivity index (χ0v) is 6.88. The maximum absolute atomic E-state index is 9.09. The van der Waals surface area contributed by atoms with Crippen molar-refractivity contribution >= 4 is 0 Å². The van der Waals surface area contributed by atoms with E-state index in [9.17, 15) is 0 Å². The topological polar surface area (TPSA) is 23.5 Å². The van der Waals surface area contributed by atoms with Crippen LogP contribution in [0.4, 0.5) is 0 Å². The number of aliphatic hydroxyl groups excluding tert-OH is 1. The van der Waals surface area contributed by atoms with Crippen LogP contribution in [0.5, 0.6) is 0 Å². The summed E-state index contributed by atoms with van der Waals surface area (Å²) in [6.07, 6.45) is 2.50. The molecule has 0 saturated heterocycles. The summed E-state index contributed by atoms with van der Waals surface area (Å²) in [6, 6.07) is 0.791. The number of likely N-dealkylation sites (N-methyl/N-ethyl adjacent to an activating group) is 1. The van der Waals surface area contributed by atoms with E-state index in [1.54, 1.807) is 0 Å². The van der Waals surface area contributed by atoms with Gasteiger partial charge in [0.2, 0.25) is 0 Å². The Morgan fingerprint density at radius 1 is 1.60 bits per heavy atom. The molecule has 0 aromatic rings. The van der Waals surface area contributed by atoms with Crippen LogP contribution in [0.3, 0.4) is 0 Å². The van der Waals surface area contributed by atoms with Gasteiger partial charge in [0.1, 0.15) is 0 Å². The van der Waals surface area contributed by atoms with Crippen molar-refractivity contribution in [1.82, 2.24) is 4.90 Å². The molecule has 0 aliphatic heterocycles. The Hall–Kier alpha value is -0.0800. The van der Waals surface area contributed by atoms with Crippen molar-refractivity contribution in [3.05, 3.63) is 0 Å². The molecule has 0 spiro atoms. The molecule has 0 aromatic carbocycles. The normalized spacial score (nSPS) is 21.6. The van der Waals surface area contributed by atoms with Crippen molar-refractivity contribution in [2.24, 2.45) is 0 Å². The molecule has 0 aromatic heterocycles. The Morgan fingerprint density at radius 3 is 2.50 bits per heavy atom. The maximum atomic E-state index is 9.09. The highest BCUT2D eigenvalue weighted by atomic mass is 16.3. The molecule has 0 radical (unpaired) electrons. The Morgan fingerprint density at radius 2 is 2.20 bits per heavy atom. The smallest absolute Gasteiger partial charge is 0.0639 e. The van der Waals surface area contributed by atoms with E-state index < -0.39 is 0 Å². The Balaban J connectivity index is 2.19. The van der Waals surface area contributed by atoms with Gasteiger partial charge in [0.05, 0.1) is 6.10 Å². The first-order chi connectivity index (χ1) is 4.74. The van der Waals surface area contributed by atoms with Gasteiger partial charge in [0.25, 0.3) is 0 Å². The van der Waals surface area contributed by atoms with Crippen LogP contribution in [-0.4, -0.2) is 35.2 Å². The van der Waals surface area contributed by atoms with Gasteiger partial charge in [-0.3, -0.25) is 4.90 Å². The minimum atomic E-state index is -0.166. The summed E-state index contributed by atoms with van der Waals surface area (Å²) in [5, 5.41) is 9.09. The van der Waals surface area contributed by atoms with Gasteiger partial charge < -0.3 is 5.11 Å². The second-order valence-corrected chi connectivity index (χ2v) is 3.17. The molecule has 1 atom stereocenters. The van der Waals surface area contributed by atoms with Crippen LogP contribution in [0.25, 0.3) is 0 Å². The third-order valence-electron chi connectivity index (χ3n) is 1.97. The highest BCUT2D eigenvalue weighted by molar-refractivity contribution is 4.84. The fourth-order valence-electron chi connectivity index (χ4n) is 1.32. The third-order valence-corrected chi connectivity index (χ3v) is 1.97. The average molecular weight is 143 g/mol. The summed E-state index contributed by atoms with van der Waals surface area (Å²) in [7, 11) is 0. The van der Waals surface area contributed by atoms with Crippen molar-refractivity contribution in [1.29, 1.82) is 0 Å². The molecule has 1 rings (SSSR count). The second-order valence-electron chi connectivity index (χ2n) is 3.17. The molecule has 0 bridgehead atoms. The highest BCUT2D eigenvalue weighted by Gasteiger charge is 2.27. The van der Waals surface area contributed by atoms with Crippen molar-refractivity contribution in [3.8, 4) is 0 Å². The number of aliphatic hydroxyl groups is 1. The summed E-state index contributed by atoms with van der Waals surface area (Å²) in [5.74, 6) is 0. The van der Waals surface area contributed by atoms with E-state index >= 15 is 0 Å². The molecule has 1 unspecified atom stereocenters. The molecule has 10 heavy (non-hydrogen) atoms. The Labute approximate surface area is 62.8 Å². The lowest BCUT2D eigenvalue weighted by molar-refractivity contribution is 0.125. The SMILES string of the molecule is CCN(CC(C)O)C1CC1. The molecule has 1 aliphatic rings. The van der Waals surface area contributed by atoms with Gasteiger partial charge >= 0.3 is 0 Å². The molecule has 1 N–H and O–H groups in total. The van der Waals surface area contributed by atoms with Crippen LogP contribution in [0.2, 0.25) is 0 Å². The number of hydrogen-bond acceptors (Lipinski definition) is 2. The van der Waals surface area contributed by atoms with Crippen LogP contribution >= 0.6 is 0 Å². The maximum Gasteiger partial charge on any atom is 0.0639 e. The zero-order chi connectivity index (χ0) is 7.56. The van der Waals surface area contributed by atoms with Gasteiger partial charge in [-0.2, -0.15) is 0 Å². The first-order valence-electron chi connectivity index (χ1n) is 4.16. The first kappa shape index (κ1) is 8.02. The van der Waals surface area contributed by atoms with Gasteiger partial charge in [-0.15, -0.1) is 0 Å². The third kappa shape index (κ3) is 2.27. The zero-order valence-electron chi connectivity index (χ0n) is 6.88. The molecule has 60 valence electrons. The molecule has 2 heteroatoms.